The molecule has 1 saturated heterocycles. The largest absolute Gasteiger partial charge is 0.493 e. The predicted octanol–water partition coefficient (Wildman–Crippen LogP) is 1.39. The highest BCUT2D eigenvalue weighted by Gasteiger charge is 2.18. The van der Waals surface area contributed by atoms with Crippen LogP contribution in [-0.2, 0) is 14.3 Å². The minimum atomic E-state index is -0.503. The van der Waals surface area contributed by atoms with Crippen LogP contribution in [0.5, 0.6) is 11.5 Å². The van der Waals surface area contributed by atoms with E-state index in [2.05, 4.69) is 0 Å². The summed E-state index contributed by atoms with van der Waals surface area (Å²) in [6, 6.07) is 6.60. The molecule has 0 spiro atoms. The van der Waals surface area contributed by atoms with Crippen LogP contribution in [0.4, 0.5) is 0 Å². The molecular weight excluding hydrogens is 340 g/mol. The topological polar surface area (TPSA) is 98.1 Å². The Morgan fingerprint density at radius 1 is 1.27 bits per heavy atom. The number of hydrogen-bond donors (Lipinski definition) is 0. The third-order valence-corrected chi connectivity index (χ3v) is 3.78. The Hall–Kier alpha value is -2.79. The molecule has 8 heteroatoms. The average molecular weight is 362 g/mol. The molecule has 0 aliphatic carbocycles. The lowest BCUT2D eigenvalue weighted by Gasteiger charge is -2.26. The fourth-order valence-corrected chi connectivity index (χ4v) is 2.36. The summed E-state index contributed by atoms with van der Waals surface area (Å²) in [5.41, 5.74) is 0.311. The Morgan fingerprint density at radius 2 is 2.04 bits per heavy atom. The third-order valence-electron chi connectivity index (χ3n) is 3.78. The first kappa shape index (κ1) is 19.5. The van der Waals surface area contributed by atoms with Crippen molar-refractivity contribution in [1.29, 1.82) is 5.26 Å². The van der Waals surface area contributed by atoms with Gasteiger partial charge in [-0.05, 0) is 24.6 Å². The van der Waals surface area contributed by atoms with E-state index in [1.54, 1.807) is 17.0 Å². The molecule has 0 radical (unpaired) electrons. The van der Waals surface area contributed by atoms with Crippen LogP contribution in [-0.4, -0.2) is 63.4 Å². The number of rotatable bonds is 8. The molecule has 140 valence electrons. The van der Waals surface area contributed by atoms with Crippen molar-refractivity contribution in [3.8, 4) is 17.6 Å². The van der Waals surface area contributed by atoms with Crippen molar-refractivity contribution in [3.05, 3.63) is 23.8 Å². The first-order valence-corrected chi connectivity index (χ1v) is 8.36. The van der Waals surface area contributed by atoms with Crippen LogP contribution >= 0.6 is 0 Å². The number of ether oxygens (including phenoxy) is 4. The van der Waals surface area contributed by atoms with Crippen molar-refractivity contribution in [2.24, 2.45) is 0 Å². The summed E-state index contributed by atoms with van der Waals surface area (Å²) < 4.78 is 21.1. The first-order valence-electron chi connectivity index (χ1n) is 8.36. The molecule has 1 fully saturated rings. The molecule has 0 unspecified atom stereocenters. The maximum Gasteiger partial charge on any atom is 0.338 e. The van der Waals surface area contributed by atoms with Gasteiger partial charge >= 0.3 is 5.97 Å². The number of methoxy groups -OCH3 is 1. The molecule has 0 N–H and O–H groups in total. The maximum absolute atomic E-state index is 12.1. The second kappa shape index (κ2) is 10.3. The highest BCUT2D eigenvalue weighted by molar-refractivity contribution is 5.90. The molecule has 0 aromatic heterocycles. The number of nitriles is 1. The fraction of sp³-hybridized carbons (Fsp3) is 0.500. The van der Waals surface area contributed by atoms with Gasteiger partial charge < -0.3 is 23.8 Å². The summed E-state index contributed by atoms with van der Waals surface area (Å²) in [5.74, 6) is 0.0786. The predicted molar refractivity (Wildman–Crippen MR) is 91.0 cm³/mol. The molecule has 1 aliphatic heterocycles. The molecule has 1 aromatic carbocycles. The Bertz CT molecular complexity index is 664. The van der Waals surface area contributed by atoms with E-state index < -0.39 is 5.97 Å². The summed E-state index contributed by atoms with van der Waals surface area (Å²) in [7, 11) is 1.45. The van der Waals surface area contributed by atoms with Gasteiger partial charge in [0, 0.05) is 19.5 Å². The van der Waals surface area contributed by atoms with Crippen molar-refractivity contribution in [1.82, 2.24) is 4.90 Å². The van der Waals surface area contributed by atoms with Gasteiger partial charge in [-0.1, -0.05) is 0 Å². The number of carbonyl (C=O) groups is 2. The van der Waals surface area contributed by atoms with Crippen LogP contribution in [0.15, 0.2) is 18.2 Å². The third kappa shape index (κ3) is 5.63. The van der Waals surface area contributed by atoms with Crippen molar-refractivity contribution in [2.75, 3.05) is 46.6 Å². The average Bonchev–Trinajstić information content (AvgIpc) is 2.69. The number of morpholine rings is 1. The van der Waals surface area contributed by atoms with Crippen molar-refractivity contribution in [3.63, 3.8) is 0 Å². The van der Waals surface area contributed by atoms with Gasteiger partial charge in [0.1, 0.15) is 0 Å². The number of benzene rings is 1. The molecule has 1 heterocycles. The SMILES string of the molecule is COc1cc(C(=O)OCCCC#N)ccc1OCC(=O)N1CCOCC1. The Labute approximate surface area is 152 Å². The molecule has 26 heavy (non-hydrogen) atoms. The van der Waals surface area contributed by atoms with E-state index in [4.69, 9.17) is 24.2 Å². The molecule has 0 bridgehead atoms. The minimum absolute atomic E-state index is 0.117. The Morgan fingerprint density at radius 3 is 2.73 bits per heavy atom. The maximum atomic E-state index is 12.1. The van der Waals surface area contributed by atoms with Crippen LogP contribution in [0, 0.1) is 11.3 Å². The number of carbonyl (C=O) groups excluding carboxylic acids is 2. The van der Waals surface area contributed by atoms with Crippen LogP contribution in [0.2, 0.25) is 0 Å². The van der Waals surface area contributed by atoms with E-state index in [0.29, 0.717) is 56.2 Å². The summed E-state index contributed by atoms with van der Waals surface area (Å²) in [5, 5.41) is 8.47. The zero-order valence-corrected chi connectivity index (χ0v) is 14.7. The number of hydrogen-bond acceptors (Lipinski definition) is 7. The first-order chi connectivity index (χ1) is 12.7. The van der Waals surface area contributed by atoms with Gasteiger partial charge in [-0.2, -0.15) is 5.26 Å². The van der Waals surface area contributed by atoms with Crippen LogP contribution in [0.3, 0.4) is 0 Å². The lowest BCUT2D eigenvalue weighted by molar-refractivity contribution is -0.137. The summed E-state index contributed by atoms with van der Waals surface area (Å²) in [4.78, 5) is 25.8. The summed E-state index contributed by atoms with van der Waals surface area (Å²) >= 11 is 0. The fourth-order valence-electron chi connectivity index (χ4n) is 2.36. The Balaban J connectivity index is 1.91. The number of amides is 1. The normalized spacial score (nSPS) is 13.6. The standard InChI is InChI=1S/C18H22N2O6/c1-23-16-12-14(18(22)25-9-3-2-6-19)4-5-15(16)26-13-17(21)20-7-10-24-11-8-20/h4-5,12H,2-3,7-11,13H2,1H3. The highest BCUT2D eigenvalue weighted by atomic mass is 16.5. The molecule has 1 amide bonds. The molecule has 1 aliphatic rings. The summed E-state index contributed by atoms with van der Waals surface area (Å²) in [6.07, 6.45) is 0.824. The number of esters is 1. The van der Waals surface area contributed by atoms with Gasteiger partial charge in [-0.3, -0.25) is 4.79 Å². The molecule has 2 rings (SSSR count). The summed E-state index contributed by atoms with van der Waals surface area (Å²) in [6.45, 7) is 2.22. The van der Waals surface area contributed by atoms with Crippen LogP contribution < -0.4 is 9.47 Å². The van der Waals surface area contributed by atoms with Crippen LogP contribution in [0.1, 0.15) is 23.2 Å². The minimum Gasteiger partial charge on any atom is -0.493 e. The monoisotopic (exact) mass is 362 g/mol. The lowest BCUT2D eigenvalue weighted by Crippen LogP contribution is -2.43. The molecule has 8 nitrogen and oxygen atoms in total. The van der Waals surface area contributed by atoms with Gasteiger partial charge in [0.2, 0.25) is 0 Å². The van der Waals surface area contributed by atoms with Crippen LogP contribution in [0.25, 0.3) is 0 Å². The van der Waals surface area contributed by atoms with Crippen molar-refractivity contribution in [2.45, 2.75) is 12.8 Å². The van der Waals surface area contributed by atoms with Crippen molar-refractivity contribution >= 4 is 11.9 Å². The Kier molecular flexibility index (Phi) is 7.71. The molecule has 1 aromatic rings. The van der Waals surface area contributed by atoms with E-state index in [-0.39, 0.29) is 19.1 Å². The quantitative estimate of drug-likeness (QED) is 0.509. The van der Waals surface area contributed by atoms with Gasteiger partial charge in [-0.15, -0.1) is 0 Å². The van der Waals surface area contributed by atoms with Gasteiger partial charge in [-0.25, -0.2) is 4.79 Å². The second-order valence-electron chi connectivity index (χ2n) is 5.55. The number of unbranched alkanes of at least 4 members (excludes halogenated alkanes) is 1. The lowest BCUT2D eigenvalue weighted by atomic mass is 10.2. The van der Waals surface area contributed by atoms with Gasteiger partial charge in [0.25, 0.3) is 5.91 Å². The highest BCUT2D eigenvalue weighted by Crippen LogP contribution is 2.28. The van der Waals surface area contributed by atoms with Crippen molar-refractivity contribution < 1.29 is 28.5 Å². The zero-order valence-electron chi connectivity index (χ0n) is 14.7. The van der Waals surface area contributed by atoms with E-state index in [1.165, 1.54) is 13.2 Å². The van der Waals surface area contributed by atoms with Gasteiger partial charge in [0.05, 0.1) is 38.6 Å². The molecule has 0 atom stereocenters. The van der Waals surface area contributed by atoms with E-state index >= 15 is 0 Å². The van der Waals surface area contributed by atoms with Gasteiger partial charge in [0.15, 0.2) is 18.1 Å². The van der Waals surface area contributed by atoms with E-state index in [1.807, 2.05) is 6.07 Å². The second-order valence-corrected chi connectivity index (χ2v) is 5.55. The smallest absolute Gasteiger partial charge is 0.338 e. The molecule has 0 saturated carbocycles. The van der Waals surface area contributed by atoms with E-state index in [9.17, 15) is 9.59 Å². The molecular formula is C18H22N2O6. The van der Waals surface area contributed by atoms with E-state index in [0.717, 1.165) is 0 Å². The number of nitrogens with zero attached hydrogens (tertiary/aromatic N) is 2. The zero-order chi connectivity index (χ0) is 18.8.